The molecule has 1 atom stereocenters. The Kier molecular flexibility index (Phi) is 4.43. The van der Waals surface area contributed by atoms with Gasteiger partial charge in [-0.2, -0.15) is 4.31 Å². The monoisotopic (exact) mass is 302 g/mol. The molecule has 8 heteroatoms. The van der Waals surface area contributed by atoms with Crippen LogP contribution in [0, 0.1) is 0 Å². The van der Waals surface area contributed by atoms with Gasteiger partial charge in [0.15, 0.2) is 0 Å². The zero-order valence-electron chi connectivity index (χ0n) is 10.1. The quantitative estimate of drug-likeness (QED) is 0.848. The molecule has 1 aromatic rings. The number of aryl methyl sites for hydroxylation is 1. The molecule has 1 saturated heterocycles. The van der Waals surface area contributed by atoms with E-state index in [0.717, 1.165) is 9.87 Å². The van der Waals surface area contributed by atoms with Crippen LogP contribution in [0.1, 0.15) is 5.56 Å². The second-order valence-electron chi connectivity index (χ2n) is 4.16. The molecule has 1 fully saturated rings. The van der Waals surface area contributed by atoms with Crippen LogP contribution in [0.3, 0.4) is 0 Å². The Bertz CT molecular complexity index is 547. The molecule has 19 heavy (non-hydrogen) atoms. The van der Waals surface area contributed by atoms with Crippen LogP contribution in [0.2, 0.25) is 0 Å². The van der Waals surface area contributed by atoms with Gasteiger partial charge in [-0.05, 0) is 24.1 Å². The van der Waals surface area contributed by atoms with Gasteiger partial charge in [-0.3, -0.25) is 9.78 Å². The van der Waals surface area contributed by atoms with Gasteiger partial charge in [-0.15, -0.1) is 11.8 Å². The summed E-state index contributed by atoms with van der Waals surface area (Å²) in [5.41, 5.74) is 0.873. The van der Waals surface area contributed by atoms with Gasteiger partial charge in [-0.25, -0.2) is 8.42 Å². The lowest BCUT2D eigenvalue weighted by Crippen LogP contribution is -2.43. The zero-order valence-corrected chi connectivity index (χ0v) is 11.7. The highest BCUT2D eigenvalue weighted by molar-refractivity contribution is 8.00. The van der Waals surface area contributed by atoms with Crippen LogP contribution in [-0.2, 0) is 21.2 Å². The molecule has 0 aromatic carbocycles. The maximum Gasteiger partial charge on any atom is 0.322 e. The van der Waals surface area contributed by atoms with E-state index in [9.17, 15) is 13.2 Å². The van der Waals surface area contributed by atoms with Gasteiger partial charge in [0.05, 0.1) is 11.6 Å². The Morgan fingerprint density at radius 2 is 2.16 bits per heavy atom. The highest BCUT2D eigenvalue weighted by Gasteiger charge is 2.38. The third kappa shape index (κ3) is 3.46. The highest BCUT2D eigenvalue weighted by Crippen LogP contribution is 2.24. The number of sulfonamides is 1. The first kappa shape index (κ1) is 14.3. The van der Waals surface area contributed by atoms with Crippen molar-refractivity contribution in [3.63, 3.8) is 0 Å². The van der Waals surface area contributed by atoms with Crippen LogP contribution in [0.15, 0.2) is 24.5 Å². The number of nitrogens with zero attached hydrogens (tertiary/aromatic N) is 2. The summed E-state index contributed by atoms with van der Waals surface area (Å²) in [6.45, 7) is 0. The molecule has 1 aliphatic heterocycles. The van der Waals surface area contributed by atoms with Crippen molar-refractivity contribution >= 4 is 27.8 Å². The fourth-order valence-corrected chi connectivity index (χ4v) is 5.06. The van der Waals surface area contributed by atoms with Gasteiger partial charge in [0, 0.05) is 18.1 Å². The lowest BCUT2D eigenvalue weighted by molar-refractivity contribution is -0.140. The number of aliphatic carboxylic acids is 1. The van der Waals surface area contributed by atoms with Crippen LogP contribution >= 0.6 is 11.8 Å². The zero-order chi connectivity index (χ0) is 13.9. The lowest BCUT2D eigenvalue weighted by atomic mass is 10.2. The van der Waals surface area contributed by atoms with Gasteiger partial charge in [-0.1, -0.05) is 0 Å². The average molecular weight is 302 g/mol. The van der Waals surface area contributed by atoms with Crippen molar-refractivity contribution in [2.24, 2.45) is 0 Å². The van der Waals surface area contributed by atoms with Crippen LogP contribution < -0.4 is 0 Å². The van der Waals surface area contributed by atoms with Crippen molar-refractivity contribution in [2.45, 2.75) is 12.5 Å². The molecule has 0 aliphatic carbocycles. The van der Waals surface area contributed by atoms with Gasteiger partial charge >= 0.3 is 5.97 Å². The highest BCUT2D eigenvalue weighted by atomic mass is 32.2. The van der Waals surface area contributed by atoms with Gasteiger partial charge in [0.25, 0.3) is 0 Å². The van der Waals surface area contributed by atoms with E-state index < -0.39 is 22.0 Å². The van der Waals surface area contributed by atoms with E-state index >= 15 is 0 Å². The summed E-state index contributed by atoms with van der Waals surface area (Å²) in [6.07, 6.45) is 3.57. The van der Waals surface area contributed by atoms with Crippen molar-refractivity contribution in [3.05, 3.63) is 30.1 Å². The number of aromatic nitrogens is 1. The SMILES string of the molecule is O=C(O)[C@@H]1CSCN1S(=O)(=O)CCc1ccncc1. The molecule has 0 unspecified atom stereocenters. The largest absolute Gasteiger partial charge is 0.480 e. The first-order valence-electron chi connectivity index (χ1n) is 5.69. The Morgan fingerprint density at radius 1 is 1.47 bits per heavy atom. The Balaban J connectivity index is 2.04. The second kappa shape index (κ2) is 5.89. The first-order chi connectivity index (χ1) is 9.00. The van der Waals surface area contributed by atoms with E-state index in [4.69, 9.17) is 5.11 Å². The number of pyridine rings is 1. The van der Waals surface area contributed by atoms with Gasteiger partial charge < -0.3 is 5.11 Å². The number of carbonyl (C=O) groups is 1. The topological polar surface area (TPSA) is 87.6 Å². The van der Waals surface area contributed by atoms with Crippen molar-refractivity contribution < 1.29 is 18.3 Å². The molecule has 2 heterocycles. The molecule has 0 spiro atoms. The summed E-state index contributed by atoms with van der Waals surface area (Å²) in [7, 11) is -3.54. The first-order valence-corrected chi connectivity index (χ1v) is 8.46. The molecule has 1 aliphatic rings. The van der Waals surface area contributed by atoms with Gasteiger partial charge in [0.2, 0.25) is 10.0 Å². The van der Waals surface area contributed by atoms with Crippen LogP contribution in [0.4, 0.5) is 0 Å². The Morgan fingerprint density at radius 3 is 2.79 bits per heavy atom. The number of hydrogen-bond acceptors (Lipinski definition) is 5. The predicted molar refractivity (Wildman–Crippen MR) is 72.3 cm³/mol. The Hall–Kier alpha value is -1.12. The molecule has 6 nitrogen and oxygen atoms in total. The van der Waals surface area contributed by atoms with Crippen molar-refractivity contribution in [1.82, 2.24) is 9.29 Å². The van der Waals surface area contributed by atoms with Crippen molar-refractivity contribution in [1.29, 1.82) is 0 Å². The van der Waals surface area contributed by atoms with Crippen molar-refractivity contribution in [3.8, 4) is 0 Å². The summed E-state index contributed by atoms with van der Waals surface area (Å²) >= 11 is 1.32. The molecular weight excluding hydrogens is 288 g/mol. The molecule has 0 radical (unpaired) electrons. The summed E-state index contributed by atoms with van der Waals surface area (Å²) in [5.74, 6) is -0.640. The number of hydrogen-bond donors (Lipinski definition) is 1. The summed E-state index contributed by atoms with van der Waals surface area (Å²) in [6, 6.07) is 2.57. The number of carboxylic acid groups (broad SMARTS) is 1. The van der Waals surface area contributed by atoms with Crippen LogP contribution in [-0.4, -0.2) is 52.2 Å². The summed E-state index contributed by atoms with van der Waals surface area (Å²) in [5, 5.41) is 9.00. The number of carboxylic acids is 1. The molecule has 0 amide bonds. The van der Waals surface area contributed by atoms with E-state index in [2.05, 4.69) is 4.98 Å². The third-order valence-corrected chi connectivity index (χ3v) is 5.88. The molecule has 1 aromatic heterocycles. The summed E-state index contributed by atoms with van der Waals surface area (Å²) in [4.78, 5) is 14.9. The standard InChI is InChI=1S/C11H14N2O4S2/c14-11(15)10-7-18-8-13(10)19(16,17)6-3-9-1-4-12-5-2-9/h1-2,4-5,10H,3,6-8H2,(H,14,15)/t10-/m0/s1. The molecule has 0 bridgehead atoms. The van der Waals surface area contributed by atoms with Crippen molar-refractivity contribution in [2.75, 3.05) is 17.4 Å². The Labute approximate surface area is 115 Å². The minimum Gasteiger partial charge on any atom is -0.480 e. The maximum atomic E-state index is 12.2. The van der Waals surface area contributed by atoms with E-state index in [1.807, 2.05) is 0 Å². The fraction of sp³-hybridized carbons (Fsp3) is 0.455. The molecule has 104 valence electrons. The van der Waals surface area contributed by atoms with E-state index in [-0.39, 0.29) is 11.6 Å². The smallest absolute Gasteiger partial charge is 0.322 e. The second-order valence-corrected chi connectivity index (χ2v) is 7.20. The minimum absolute atomic E-state index is 0.0820. The van der Waals surface area contributed by atoms with E-state index in [1.165, 1.54) is 11.8 Å². The number of rotatable bonds is 5. The third-order valence-electron chi connectivity index (χ3n) is 2.88. The molecule has 1 N–H and O–H groups in total. The fourth-order valence-electron chi connectivity index (χ4n) is 1.81. The van der Waals surface area contributed by atoms with Crippen LogP contribution in [0.25, 0.3) is 0 Å². The van der Waals surface area contributed by atoms with E-state index in [1.54, 1.807) is 24.5 Å². The lowest BCUT2D eigenvalue weighted by Gasteiger charge is -2.19. The number of thioether (sulfide) groups is 1. The molecular formula is C11H14N2O4S2. The molecule has 2 rings (SSSR count). The average Bonchev–Trinajstić information content (AvgIpc) is 2.88. The maximum absolute atomic E-state index is 12.2. The molecule has 0 saturated carbocycles. The van der Waals surface area contributed by atoms with Crippen LogP contribution in [0.5, 0.6) is 0 Å². The predicted octanol–water partition coefficient (Wildman–Crippen LogP) is 0.413. The van der Waals surface area contributed by atoms with Gasteiger partial charge in [0.1, 0.15) is 6.04 Å². The summed E-state index contributed by atoms with van der Waals surface area (Å²) < 4.78 is 25.4. The normalized spacial score (nSPS) is 20.5. The van der Waals surface area contributed by atoms with E-state index in [0.29, 0.717) is 12.2 Å². The minimum atomic E-state index is -3.54.